The van der Waals surface area contributed by atoms with E-state index in [1.54, 1.807) is 24.3 Å². The van der Waals surface area contributed by atoms with Crippen LogP contribution in [0.4, 0.5) is 0 Å². The highest BCUT2D eigenvalue weighted by Gasteiger charge is 2.78. The minimum absolute atomic E-state index is 0.0338. The van der Waals surface area contributed by atoms with E-state index in [-0.39, 0.29) is 16.7 Å². The number of piperidine rings is 1. The largest absolute Gasteiger partial charge is 0.319 e. The molecule has 0 N–H and O–H groups in total. The summed E-state index contributed by atoms with van der Waals surface area (Å²) in [6.07, 6.45) is 3.07. The van der Waals surface area contributed by atoms with Crippen molar-refractivity contribution in [2.24, 2.45) is 16.7 Å². The normalized spacial score (nSPS) is 41.7. The van der Waals surface area contributed by atoms with Crippen LogP contribution in [0.3, 0.4) is 0 Å². The van der Waals surface area contributed by atoms with Crippen LogP contribution in [-0.4, -0.2) is 22.9 Å². The van der Waals surface area contributed by atoms with Crippen LogP contribution in [0.5, 0.6) is 0 Å². The van der Waals surface area contributed by atoms with Crippen molar-refractivity contribution in [1.82, 2.24) is 4.90 Å². The summed E-state index contributed by atoms with van der Waals surface area (Å²) < 4.78 is 0. The molecular formula is C18H19ClN2O. The van der Waals surface area contributed by atoms with E-state index < -0.39 is 5.54 Å². The maximum Gasteiger partial charge on any atom is 0.255 e. The Morgan fingerprint density at radius 3 is 2.64 bits per heavy atom. The van der Waals surface area contributed by atoms with Gasteiger partial charge in [-0.2, -0.15) is 5.26 Å². The lowest BCUT2D eigenvalue weighted by Crippen LogP contribution is -2.54. The molecule has 4 atom stereocenters. The maximum atomic E-state index is 13.0. The third-order valence-corrected chi connectivity index (χ3v) is 7.33. The number of nitrogens with zero attached hydrogens (tertiary/aromatic N) is 2. The summed E-state index contributed by atoms with van der Waals surface area (Å²) in [4.78, 5) is 14.9. The van der Waals surface area contributed by atoms with Gasteiger partial charge in [-0.1, -0.05) is 25.4 Å². The summed E-state index contributed by atoms with van der Waals surface area (Å²) in [7, 11) is 0. The quantitative estimate of drug-likeness (QED) is 0.789. The second-order valence-corrected chi connectivity index (χ2v) is 8.00. The number of carbonyl (C=O) groups is 1. The second-order valence-electron chi connectivity index (χ2n) is 7.56. The molecule has 4 heteroatoms. The Hall–Kier alpha value is -1.53. The Labute approximate surface area is 135 Å². The summed E-state index contributed by atoms with van der Waals surface area (Å²) in [6.45, 7) is 5.19. The smallest absolute Gasteiger partial charge is 0.255 e. The summed E-state index contributed by atoms with van der Waals surface area (Å²) >= 11 is 5.91. The summed E-state index contributed by atoms with van der Waals surface area (Å²) in [5.74, 6) is 0.542. The average molecular weight is 315 g/mol. The van der Waals surface area contributed by atoms with Gasteiger partial charge in [0.2, 0.25) is 0 Å². The highest BCUT2D eigenvalue weighted by molar-refractivity contribution is 6.30. The summed E-state index contributed by atoms with van der Waals surface area (Å²) in [5, 5.41) is 10.6. The van der Waals surface area contributed by atoms with E-state index in [1.165, 1.54) is 6.42 Å². The Balaban J connectivity index is 1.78. The van der Waals surface area contributed by atoms with E-state index in [9.17, 15) is 10.1 Å². The van der Waals surface area contributed by atoms with Gasteiger partial charge in [-0.25, -0.2) is 0 Å². The molecule has 2 saturated carbocycles. The number of likely N-dealkylation sites (tertiary alicyclic amines) is 1. The Kier molecular flexibility index (Phi) is 2.60. The lowest BCUT2D eigenvalue weighted by molar-refractivity contribution is 0.0430. The van der Waals surface area contributed by atoms with E-state index in [2.05, 4.69) is 19.9 Å². The van der Waals surface area contributed by atoms with Gasteiger partial charge in [0, 0.05) is 22.5 Å². The molecule has 1 saturated heterocycles. The molecule has 1 aliphatic heterocycles. The molecule has 1 aromatic rings. The van der Waals surface area contributed by atoms with Crippen molar-refractivity contribution in [2.45, 2.75) is 38.6 Å². The third kappa shape index (κ3) is 1.32. The summed E-state index contributed by atoms with van der Waals surface area (Å²) in [5.41, 5.74) is -0.0251. The number of halogens is 1. The van der Waals surface area contributed by atoms with E-state index in [0.29, 0.717) is 23.0 Å². The second kappa shape index (κ2) is 4.06. The number of benzene rings is 1. The fourth-order valence-electron chi connectivity index (χ4n) is 5.50. The van der Waals surface area contributed by atoms with Crippen LogP contribution in [-0.2, 0) is 0 Å². The Morgan fingerprint density at radius 2 is 2.05 bits per heavy atom. The number of hydrogen-bond donors (Lipinski definition) is 0. The highest BCUT2D eigenvalue weighted by Crippen LogP contribution is 2.75. The number of rotatable bonds is 1. The zero-order valence-corrected chi connectivity index (χ0v) is 13.7. The van der Waals surface area contributed by atoms with Crippen LogP contribution < -0.4 is 0 Å². The standard InChI is InChI=1S/C18H19ClN2O/c1-16-11-21(15(22)12-3-5-14(19)6-4-12)18(10-20)9-13(16)7-8-17(16,18)2/h3-6,13H,7-9,11H2,1-2H3/t13-,16+,17+,18+/m1/s1. The van der Waals surface area contributed by atoms with Gasteiger partial charge in [0.15, 0.2) is 0 Å². The molecule has 4 bridgehead atoms. The van der Waals surface area contributed by atoms with Crippen LogP contribution in [0.2, 0.25) is 5.02 Å². The number of amides is 1. The third-order valence-electron chi connectivity index (χ3n) is 7.08. The molecule has 1 amide bonds. The Morgan fingerprint density at radius 1 is 1.36 bits per heavy atom. The predicted molar refractivity (Wildman–Crippen MR) is 84.4 cm³/mol. The van der Waals surface area contributed by atoms with Gasteiger partial charge in [0.05, 0.1) is 6.07 Å². The average Bonchev–Trinajstić information content (AvgIpc) is 2.96. The van der Waals surface area contributed by atoms with Gasteiger partial charge >= 0.3 is 0 Å². The van der Waals surface area contributed by atoms with E-state index >= 15 is 0 Å². The van der Waals surface area contributed by atoms with Crippen LogP contribution in [0.25, 0.3) is 0 Å². The first kappa shape index (κ1) is 14.1. The van der Waals surface area contributed by atoms with Gasteiger partial charge in [-0.3, -0.25) is 4.79 Å². The first-order valence-electron chi connectivity index (χ1n) is 7.87. The van der Waals surface area contributed by atoms with E-state index in [4.69, 9.17) is 11.6 Å². The number of hydrogen-bond acceptors (Lipinski definition) is 2. The molecule has 4 rings (SSSR count). The predicted octanol–water partition coefficient (Wildman–Crippen LogP) is 3.88. The first-order chi connectivity index (χ1) is 10.4. The highest BCUT2D eigenvalue weighted by atomic mass is 35.5. The number of carbonyl (C=O) groups excluding carboxylic acids is 1. The molecule has 0 aromatic heterocycles. The van der Waals surface area contributed by atoms with Crippen molar-refractivity contribution in [3.05, 3.63) is 34.9 Å². The Bertz CT molecular complexity index is 709. The maximum absolute atomic E-state index is 13.0. The van der Waals surface area contributed by atoms with E-state index in [0.717, 1.165) is 12.8 Å². The molecule has 0 unspecified atom stereocenters. The van der Waals surface area contributed by atoms with Crippen LogP contribution in [0.15, 0.2) is 24.3 Å². The topological polar surface area (TPSA) is 44.1 Å². The molecule has 0 radical (unpaired) electrons. The molecule has 22 heavy (non-hydrogen) atoms. The molecule has 2 aliphatic carbocycles. The molecule has 1 heterocycles. The zero-order valence-electron chi connectivity index (χ0n) is 12.9. The molecule has 3 fully saturated rings. The SMILES string of the molecule is C[C@@]12CC[C@@H]3C[C@@]1(C#N)N(C(=O)c1ccc(Cl)cc1)C[C@@]32C. The monoisotopic (exact) mass is 314 g/mol. The van der Waals surface area contributed by atoms with Crippen molar-refractivity contribution in [3.63, 3.8) is 0 Å². The van der Waals surface area contributed by atoms with Crippen molar-refractivity contribution < 1.29 is 4.79 Å². The zero-order chi connectivity index (χ0) is 15.8. The minimum atomic E-state index is -0.638. The lowest BCUT2D eigenvalue weighted by atomic mass is 9.66. The van der Waals surface area contributed by atoms with Gasteiger partial charge < -0.3 is 4.90 Å². The molecule has 114 valence electrons. The van der Waals surface area contributed by atoms with Gasteiger partial charge in [0.25, 0.3) is 5.91 Å². The van der Waals surface area contributed by atoms with Gasteiger partial charge in [-0.05, 0) is 54.9 Å². The summed E-state index contributed by atoms with van der Waals surface area (Å²) in [6, 6.07) is 9.53. The van der Waals surface area contributed by atoms with Gasteiger partial charge in [-0.15, -0.1) is 0 Å². The minimum Gasteiger partial charge on any atom is -0.319 e. The number of nitriles is 1. The fourth-order valence-corrected chi connectivity index (χ4v) is 5.63. The van der Waals surface area contributed by atoms with Gasteiger partial charge in [0.1, 0.15) is 5.54 Å². The first-order valence-corrected chi connectivity index (χ1v) is 8.25. The van der Waals surface area contributed by atoms with Crippen LogP contribution >= 0.6 is 11.6 Å². The molecule has 0 spiro atoms. The van der Waals surface area contributed by atoms with Crippen molar-refractivity contribution in [3.8, 4) is 6.07 Å². The molecule has 3 aliphatic rings. The van der Waals surface area contributed by atoms with Crippen LogP contribution in [0, 0.1) is 28.1 Å². The molecular weight excluding hydrogens is 296 g/mol. The van der Waals surface area contributed by atoms with Crippen LogP contribution in [0.1, 0.15) is 43.5 Å². The van der Waals surface area contributed by atoms with Crippen molar-refractivity contribution >= 4 is 17.5 Å². The lowest BCUT2D eigenvalue weighted by Gasteiger charge is -2.43. The van der Waals surface area contributed by atoms with Crippen molar-refractivity contribution in [2.75, 3.05) is 6.54 Å². The van der Waals surface area contributed by atoms with Crippen molar-refractivity contribution in [1.29, 1.82) is 5.26 Å². The molecule has 1 aromatic carbocycles. The van der Waals surface area contributed by atoms with E-state index in [1.807, 2.05) is 4.90 Å². The fraction of sp³-hybridized carbons (Fsp3) is 0.556. The molecule has 3 nitrogen and oxygen atoms in total.